The molecule has 1 N–H and O–H groups in total. The van der Waals surface area contributed by atoms with E-state index in [2.05, 4.69) is 51.0 Å². The molecule has 0 atom stereocenters. The summed E-state index contributed by atoms with van der Waals surface area (Å²) in [7, 11) is 0. The third kappa shape index (κ3) is 5.83. The number of nitrogens with zero attached hydrogens (tertiary/aromatic N) is 5. The van der Waals surface area contributed by atoms with Crippen LogP contribution < -0.4 is 5.32 Å². The van der Waals surface area contributed by atoms with E-state index in [0.717, 1.165) is 43.4 Å². The van der Waals surface area contributed by atoms with Gasteiger partial charge in [0.15, 0.2) is 10.3 Å². The molecule has 32 heavy (non-hydrogen) atoms. The molecule has 1 saturated heterocycles. The van der Waals surface area contributed by atoms with Crippen LogP contribution >= 0.6 is 23.1 Å². The van der Waals surface area contributed by atoms with Crippen LogP contribution in [0.4, 0.5) is 5.13 Å². The second-order valence-electron chi connectivity index (χ2n) is 7.43. The Kier molecular flexibility index (Phi) is 7.69. The lowest BCUT2D eigenvalue weighted by Gasteiger charge is -2.26. The number of aromatic nitrogens is 4. The Morgan fingerprint density at radius 3 is 2.81 bits per heavy atom. The van der Waals surface area contributed by atoms with E-state index in [4.69, 9.17) is 4.74 Å². The number of hydrogen-bond donors (Lipinski definition) is 1. The van der Waals surface area contributed by atoms with Crippen molar-refractivity contribution in [3.63, 3.8) is 0 Å². The van der Waals surface area contributed by atoms with Gasteiger partial charge in [-0.2, -0.15) is 0 Å². The van der Waals surface area contributed by atoms with Gasteiger partial charge in [-0.15, -0.1) is 28.1 Å². The molecule has 2 aromatic heterocycles. The summed E-state index contributed by atoms with van der Waals surface area (Å²) in [5.74, 6) is 0.979. The summed E-state index contributed by atoms with van der Waals surface area (Å²) < 4.78 is 7.43. The smallest absolute Gasteiger partial charge is 0.236 e. The number of morpholine rings is 1. The number of thioether (sulfide) groups is 1. The summed E-state index contributed by atoms with van der Waals surface area (Å²) in [6.45, 7) is 10.4. The summed E-state index contributed by atoms with van der Waals surface area (Å²) in [6.07, 6.45) is 1.82. The van der Waals surface area contributed by atoms with Crippen molar-refractivity contribution in [1.29, 1.82) is 0 Å². The van der Waals surface area contributed by atoms with E-state index in [-0.39, 0.29) is 11.7 Å². The first kappa shape index (κ1) is 22.7. The molecule has 8 nitrogen and oxygen atoms in total. The normalized spacial score (nSPS) is 14.4. The lowest BCUT2D eigenvalue weighted by atomic mass is 10.1. The number of hydrogen-bond acceptors (Lipinski definition) is 8. The third-order valence-corrected chi connectivity index (χ3v) is 6.73. The van der Waals surface area contributed by atoms with Crippen molar-refractivity contribution in [2.24, 2.45) is 0 Å². The molecule has 0 spiro atoms. The first-order valence-corrected chi connectivity index (χ1v) is 12.3. The van der Waals surface area contributed by atoms with Crippen LogP contribution in [0.2, 0.25) is 0 Å². The van der Waals surface area contributed by atoms with Crippen LogP contribution in [0.1, 0.15) is 11.4 Å². The highest BCUT2D eigenvalue weighted by molar-refractivity contribution is 7.99. The second kappa shape index (κ2) is 10.9. The first-order valence-electron chi connectivity index (χ1n) is 10.4. The number of anilines is 1. The minimum absolute atomic E-state index is 0.123. The number of carbonyl (C=O) groups is 1. The van der Waals surface area contributed by atoms with Crippen molar-refractivity contribution in [3.05, 3.63) is 53.7 Å². The van der Waals surface area contributed by atoms with Crippen LogP contribution in [0.15, 0.2) is 47.5 Å². The maximum absolute atomic E-state index is 12.5. The number of carbonyl (C=O) groups excluding carboxylic acids is 1. The summed E-state index contributed by atoms with van der Waals surface area (Å²) >= 11 is 2.78. The van der Waals surface area contributed by atoms with Gasteiger partial charge in [-0.1, -0.05) is 47.7 Å². The van der Waals surface area contributed by atoms with Crippen LogP contribution in [0.25, 0.3) is 11.3 Å². The molecule has 0 aliphatic carbocycles. The van der Waals surface area contributed by atoms with Crippen LogP contribution in [0.3, 0.4) is 0 Å². The first-order chi connectivity index (χ1) is 15.6. The zero-order valence-electron chi connectivity index (χ0n) is 18.0. The molecule has 10 heteroatoms. The molecule has 1 aliphatic rings. The monoisotopic (exact) mass is 470 g/mol. The van der Waals surface area contributed by atoms with E-state index in [1.54, 1.807) is 0 Å². The van der Waals surface area contributed by atoms with Crippen molar-refractivity contribution in [3.8, 4) is 11.3 Å². The Morgan fingerprint density at radius 2 is 2.06 bits per heavy atom. The summed E-state index contributed by atoms with van der Waals surface area (Å²) in [5.41, 5.74) is 3.09. The van der Waals surface area contributed by atoms with E-state index >= 15 is 0 Å². The Bertz CT molecular complexity index is 1060. The molecule has 0 unspecified atom stereocenters. The Hall–Kier alpha value is -2.53. The van der Waals surface area contributed by atoms with Crippen molar-refractivity contribution < 1.29 is 9.53 Å². The summed E-state index contributed by atoms with van der Waals surface area (Å²) in [6, 6.07) is 8.17. The van der Waals surface area contributed by atoms with E-state index in [9.17, 15) is 4.79 Å². The quantitative estimate of drug-likeness (QED) is 0.379. The number of amides is 1. The highest BCUT2D eigenvalue weighted by Crippen LogP contribution is 2.26. The third-order valence-electron chi connectivity index (χ3n) is 5.00. The average Bonchev–Trinajstić information content (AvgIpc) is 3.41. The Labute approximate surface area is 195 Å². The number of ether oxygens (including phenoxy) is 1. The minimum Gasteiger partial charge on any atom is -0.379 e. The standard InChI is InChI=1S/C22H26N6O2S2/c1-3-8-28-19(13-27-9-11-30-12-10-27)25-26-22(28)32-15-20(29)24-21-23-18(14-31-21)17-6-4-16(2)5-7-17/h3-7,14H,1,8-13,15H2,2H3,(H,23,24,29). The molecule has 3 aromatic rings. The number of nitrogens with one attached hydrogen (secondary N) is 1. The summed E-state index contributed by atoms with van der Waals surface area (Å²) in [4.78, 5) is 19.3. The molecule has 4 rings (SSSR count). The molecule has 1 fully saturated rings. The fourth-order valence-corrected chi connectivity index (χ4v) is 4.79. The van der Waals surface area contributed by atoms with Crippen molar-refractivity contribution >= 4 is 34.1 Å². The van der Waals surface area contributed by atoms with Gasteiger partial charge in [0, 0.05) is 30.6 Å². The fourth-order valence-electron chi connectivity index (χ4n) is 3.29. The van der Waals surface area contributed by atoms with E-state index < -0.39 is 0 Å². The van der Waals surface area contributed by atoms with Crippen molar-refractivity contribution in [2.75, 3.05) is 37.4 Å². The zero-order valence-corrected chi connectivity index (χ0v) is 19.6. The number of allylic oxidation sites excluding steroid dienone is 1. The van der Waals surface area contributed by atoms with E-state index in [0.29, 0.717) is 23.4 Å². The van der Waals surface area contributed by atoms with Crippen LogP contribution in [0.5, 0.6) is 0 Å². The molecule has 0 saturated carbocycles. The number of rotatable bonds is 9. The number of aryl methyl sites for hydroxylation is 1. The van der Waals surface area contributed by atoms with Crippen LogP contribution in [0, 0.1) is 6.92 Å². The van der Waals surface area contributed by atoms with Gasteiger partial charge in [0.2, 0.25) is 5.91 Å². The second-order valence-corrected chi connectivity index (χ2v) is 9.23. The zero-order chi connectivity index (χ0) is 22.3. The van der Waals surface area contributed by atoms with Crippen molar-refractivity contribution in [2.45, 2.75) is 25.2 Å². The van der Waals surface area contributed by atoms with E-state index in [1.807, 2.05) is 28.2 Å². The van der Waals surface area contributed by atoms with E-state index in [1.165, 1.54) is 28.7 Å². The van der Waals surface area contributed by atoms with Gasteiger partial charge in [0.05, 0.1) is 31.2 Å². The highest BCUT2D eigenvalue weighted by atomic mass is 32.2. The SMILES string of the molecule is C=CCn1c(CN2CCOCC2)nnc1SCC(=O)Nc1nc(-c2ccc(C)cc2)cs1. The molecule has 0 radical (unpaired) electrons. The van der Waals surface area contributed by atoms with Gasteiger partial charge in [0.1, 0.15) is 5.82 Å². The van der Waals surface area contributed by atoms with Crippen LogP contribution in [-0.4, -0.2) is 62.6 Å². The molecular weight excluding hydrogens is 444 g/mol. The molecule has 1 aliphatic heterocycles. The molecule has 3 heterocycles. The fraction of sp³-hybridized carbons (Fsp3) is 0.364. The van der Waals surface area contributed by atoms with Gasteiger partial charge >= 0.3 is 0 Å². The molecule has 1 aromatic carbocycles. The van der Waals surface area contributed by atoms with Gasteiger partial charge in [-0.25, -0.2) is 4.98 Å². The molecular formula is C22H26N6O2S2. The largest absolute Gasteiger partial charge is 0.379 e. The van der Waals surface area contributed by atoms with Gasteiger partial charge in [-0.05, 0) is 6.92 Å². The predicted octanol–water partition coefficient (Wildman–Crippen LogP) is 3.46. The molecule has 168 valence electrons. The lowest BCUT2D eigenvalue weighted by Crippen LogP contribution is -2.36. The highest BCUT2D eigenvalue weighted by Gasteiger charge is 2.18. The molecule has 1 amide bonds. The number of benzene rings is 1. The Morgan fingerprint density at radius 1 is 1.28 bits per heavy atom. The van der Waals surface area contributed by atoms with Gasteiger partial charge < -0.3 is 14.6 Å². The minimum atomic E-state index is -0.123. The molecule has 0 bridgehead atoms. The number of thiazole rings is 1. The summed E-state index contributed by atoms with van der Waals surface area (Å²) in [5, 5.41) is 14.8. The average molecular weight is 471 g/mol. The van der Waals surface area contributed by atoms with Crippen molar-refractivity contribution in [1.82, 2.24) is 24.6 Å². The van der Waals surface area contributed by atoms with Gasteiger partial charge in [-0.3, -0.25) is 9.69 Å². The van der Waals surface area contributed by atoms with Gasteiger partial charge in [0.25, 0.3) is 0 Å². The predicted molar refractivity (Wildman–Crippen MR) is 128 cm³/mol. The van der Waals surface area contributed by atoms with Crippen LogP contribution in [-0.2, 0) is 22.6 Å². The maximum atomic E-state index is 12.5. The topological polar surface area (TPSA) is 85.2 Å². The Balaban J connectivity index is 1.34. The lowest BCUT2D eigenvalue weighted by molar-refractivity contribution is -0.113. The maximum Gasteiger partial charge on any atom is 0.236 e.